The zero-order valence-corrected chi connectivity index (χ0v) is 12.8. The molecule has 122 valence electrons. The first kappa shape index (κ1) is 17.7. The molecule has 21 heavy (non-hydrogen) atoms. The van der Waals surface area contributed by atoms with E-state index in [9.17, 15) is 9.59 Å². The van der Waals surface area contributed by atoms with Crippen molar-refractivity contribution in [3.8, 4) is 0 Å². The number of carbonyl (C=O) groups excluding carboxylic acids is 1. The third-order valence-corrected chi connectivity index (χ3v) is 3.50. The van der Waals surface area contributed by atoms with Gasteiger partial charge in [0, 0.05) is 52.2 Å². The van der Waals surface area contributed by atoms with Crippen molar-refractivity contribution >= 4 is 12.0 Å². The van der Waals surface area contributed by atoms with Crippen LogP contribution in [0.1, 0.15) is 6.42 Å². The molecule has 0 radical (unpaired) electrons. The van der Waals surface area contributed by atoms with Crippen molar-refractivity contribution in [2.75, 3.05) is 59.9 Å². The minimum atomic E-state index is -1.42. The second-order valence-electron chi connectivity index (χ2n) is 5.51. The van der Waals surface area contributed by atoms with E-state index in [4.69, 9.17) is 10.2 Å². The van der Waals surface area contributed by atoms with Gasteiger partial charge in [0.1, 0.15) is 0 Å². The van der Waals surface area contributed by atoms with Crippen LogP contribution in [0.4, 0.5) is 4.79 Å². The molecule has 1 aliphatic rings. The number of rotatable bonds is 7. The lowest BCUT2D eigenvalue weighted by Gasteiger charge is -2.35. The summed E-state index contributed by atoms with van der Waals surface area (Å²) in [6.07, 6.45) is -1.41. The lowest BCUT2D eigenvalue weighted by molar-refractivity contribution is -0.146. The van der Waals surface area contributed by atoms with Gasteiger partial charge < -0.3 is 25.3 Å². The van der Waals surface area contributed by atoms with E-state index in [2.05, 4.69) is 15.1 Å². The lowest BCUT2D eigenvalue weighted by atomic mass is 10.2. The number of hydrogen-bond donors (Lipinski definition) is 3. The molecule has 1 aliphatic heterocycles. The Morgan fingerprint density at radius 3 is 2.38 bits per heavy atom. The maximum Gasteiger partial charge on any atom is 0.332 e. The number of aliphatic hydroxyl groups excluding tert-OH is 1. The minimum Gasteiger partial charge on any atom is -0.479 e. The van der Waals surface area contributed by atoms with Gasteiger partial charge in [-0.25, -0.2) is 9.59 Å². The van der Waals surface area contributed by atoms with E-state index in [1.54, 1.807) is 4.90 Å². The van der Waals surface area contributed by atoms with Crippen LogP contribution in [0.3, 0.4) is 0 Å². The molecule has 0 aromatic heterocycles. The summed E-state index contributed by atoms with van der Waals surface area (Å²) in [6, 6.07) is -0.195. The molecule has 0 aromatic rings. The average Bonchev–Trinajstić information content (AvgIpc) is 2.45. The summed E-state index contributed by atoms with van der Waals surface area (Å²) >= 11 is 0. The van der Waals surface area contributed by atoms with Gasteiger partial charge in [0.25, 0.3) is 0 Å². The topological polar surface area (TPSA) is 96.4 Å². The van der Waals surface area contributed by atoms with Crippen molar-refractivity contribution < 1.29 is 19.8 Å². The zero-order valence-electron chi connectivity index (χ0n) is 12.8. The van der Waals surface area contributed by atoms with Crippen molar-refractivity contribution in [2.45, 2.75) is 12.5 Å². The molecule has 1 saturated heterocycles. The maximum absolute atomic E-state index is 11.9. The summed E-state index contributed by atoms with van der Waals surface area (Å²) in [5.41, 5.74) is 0. The number of likely N-dealkylation sites (N-methyl/N-ethyl adjacent to an activating group) is 1. The van der Waals surface area contributed by atoms with E-state index in [-0.39, 0.29) is 19.0 Å². The Morgan fingerprint density at radius 1 is 1.24 bits per heavy atom. The number of piperazine rings is 1. The number of aliphatic carboxylic acids is 1. The molecule has 0 aliphatic carbocycles. The van der Waals surface area contributed by atoms with E-state index >= 15 is 0 Å². The van der Waals surface area contributed by atoms with Crippen LogP contribution in [0, 0.1) is 0 Å². The molecule has 1 heterocycles. The molecule has 8 nitrogen and oxygen atoms in total. The van der Waals surface area contributed by atoms with E-state index in [1.165, 1.54) is 0 Å². The van der Waals surface area contributed by atoms with Gasteiger partial charge in [-0.05, 0) is 14.1 Å². The Balaban J connectivity index is 2.18. The monoisotopic (exact) mass is 302 g/mol. The van der Waals surface area contributed by atoms with Gasteiger partial charge in [0.05, 0.1) is 0 Å². The number of urea groups is 1. The predicted molar refractivity (Wildman–Crippen MR) is 78.2 cm³/mol. The van der Waals surface area contributed by atoms with Crippen LogP contribution in [0.2, 0.25) is 0 Å². The van der Waals surface area contributed by atoms with Crippen molar-refractivity contribution in [3.63, 3.8) is 0 Å². The quantitative estimate of drug-likeness (QED) is 0.541. The van der Waals surface area contributed by atoms with E-state index in [1.807, 2.05) is 14.1 Å². The van der Waals surface area contributed by atoms with Crippen molar-refractivity contribution in [2.24, 2.45) is 0 Å². The fraction of sp³-hybridized carbons (Fsp3) is 0.846. The van der Waals surface area contributed by atoms with Gasteiger partial charge in [-0.3, -0.25) is 4.90 Å². The highest BCUT2D eigenvalue weighted by atomic mass is 16.4. The largest absolute Gasteiger partial charge is 0.479 e. The van der Waals surface area contributed by atoms with Gasteiger partial charge >= 0.3 is 12.0 Å². The second kappa shape index (κ2) is 8.81. The Labute approximate surface area is 125 Å². The molecule has 1 rings (SSSR count). The third kappa shape index (κ3) is 6.74. The van der Waals surface area contributed by atoms with Crippen LogP contribution in [0.5, 0.6) is 0 Å². The molecular formula is C13H26N4O4. The fourth-order valence-corrected chi connectivity index (χ4v) is 2.07. The van der Waals surface area contributed by atoms with E-state index in [0.717, 1.165) is 26.2 Å². The van der Waals surface area contributed by atoms with Gasteiger partial charge in [-0.15, -0.1) is 0 Å². The molecule has 1 atom stereocenters. The average molecular weight is 302 g/mol. The van der Waals surface area contributed by atoms with Crippen molar-refractivity contribution in [1.29, 1.82) is 0 Å². The number of aliphatic hydroxyl groups is 1. The molecule has 0 saturated carbocycles. The summed E-state index contributed by atoms with van der Waals surface area (Å²) in [5, 5.41) is 20.3. The summed E-state index contributed by atoms with van der Waals surface area (Å²) in [4.78, 5) is 28.5. The van der Waals surface area contributed by atoms with Crippen LogP contribution in [0.15, 0.2) is 0 Å². The Morgan fingerprint density at radius 2 is 1.86 bits per heavy atom. The van der Waals surface area contributed by atoms with Crippen LogP contribution in [-0.2, 0) is 4.79 Å². The van der Waals surface area contributed by atoms with Gasteiger partial charge in [-0.2, -0.15) is 0 Å². The summed E-state index contributed by atoms with van der Waals surface area (Å²) in [5.74, 6) is -1.27. The van der Waals surface area contributed by atoms with E-state index in [0.29, 0.717) is 13.1 Å². The summed E-state index contributed by atoms with van der Waals surface area (Å²) in [6.45, 7) is 5.18. The highest BCUT2D eigenvalue weighted by molar-refractivity contribution is 5.74. The first-order chi connectivity index (χ1) is 9.90. The third-order valence-electron chi connectivity index (χ3n) is 3.50. The lowest BCUT2D eigenvalue weighted by Crippen LogP contribution is -2.52. The molecule has 1 fully saturated rings. The molecule has 0 aromatic carbocycles. The van der Waals surface area contributed by atoms with Gasteiger partial charge in [-0.1, -0.05) is 0 Å². The van der Waals surface area contributed by atoms with Gasteiger partial charge in [0.2, 0.25) is 0 Å². The highest BCUT2D eigenvalue weighted by Gasteiger charge is 2.21. The Hall–Kier alpha value is -1.38. The molecule has 3 N–H and O–H groups in total. The van der Waals surface area contributed by atoms with Crippen molar-refractivity contribution in [1.82, 2.24) is 20.0 Å². The predicted octanol–water partition coefficient (Wildman–Crippen LogP) is -1.29. The maximum atomic E-state index is 11.9. The first-order valence-corrected chi connectivity index (χ1v) is 7.21. The zero-order chi connectivity index (χ0) is 15.8. The molecule has 8 heteroatoms. The summed E-state index contributed by atoms with van der Waals surface area (Å²) < 4.78 is 0. The SMILES string of the molecule is CN(C)CCN1CCN(C(=O)NCC[C@H](O)C(=O)O)CC1. The molecule has 0 unspecified atom stereocenters. The second-order valence-corrected chi connectivity index (χ2v) is 5.51. The van der Waals surface area contributed by atoms with Crippen molar-refractivity contribution in [3.05, 3.63) is 0 Å². The number of amides is 2. The first-order valence-electron chi connectivity index (χ1n) is 7.21. The molecular weight excluding hydrogens is 276 g/mol. The van der Waals surface area contributed by atoms with Crippen LogP contribution in [-0.4, -0.2) is 103 Å². The molecule has 0 bridgehead atoms. The van der Waals surface area contributed by atoms with Crippen LogP contribution >= 0.6 is 0 Å². The normalized spacial score (nSPS) is 17.8. The van der Waals surface area contributed by atoms with Crippen LogP contribution < -0.4 is 5.32 Å². The number of carboxylic acids is 1. The smallest absolute Gasteiger partial charge is 0.332 e. The number of nitrogens with one attached hydrogen (secondary N) is 1. The Kier molecular flexibility index (Phi) is 7.41. The minimum absolute atomic E-state index is 0.0177. The van der Waals surface area contributed by atoms with E-state index < -0.39 is 12.1 Å². The number of carboxylic acid groups (broad SMARTS) is 1. The van der Waals surface area contributed by atoms with Gasteiger partial charge in [0.15, 0.2) is 6.10 Å². The number of carbonyl (C=O) groups is 2. The number of nitrogens with zero attached hydrogens (tertiary/aromatic N) is 3. The standard InChI is InChI=1S/C13H26N4O4/c1-15(2)5-6-16-7-9-17(10-8-16)13(21)14-4-3-11(18)12(19)20/h11,18H,3-10H2,1-2H3,(H,14,21)(H,19,20)/t11-/m0/s1. The highest BCUT2D eigenvalue weighted by Crippen LogP contribution is 2.02. The summed E-state index contributed by atoms with van der Waals surface area (Å²) in [7, 11) is 4.07. The molecule has 0 spiro atoms. The number of hydrogen-bond acceptors (Lipinski definition) is 5. The fourth-order valence-electron chi connectivity index (χ4n) is 2.07. The van der Waals surface area contributed by atoms with Crippen LogP contribution in [0.25, 0.3) is 0 Å². The molecule has 2 amide bonds. The Bertz CT molecular complexity index is 343.